The zero-order valence-electron chi connectivity index (χ0n) is 10.1. The predicted octanol–water partition coefficient (Wildman–Crippen LogP) is 2.22. The van der Waals surface area contributed by atoms with Crippen molar-refractivity contribution in [1.29, 1.82) is 0 Å². The molecule has 0 radical (unpaired) electrons. The molecule has 0 aromatic heterocycles. The fraction of sp³-hybridized carbons (Fsp3) is 0.0714. The van der Waals surface area contributed by atoms with Crippen LogP contribution in [0.3, 0.4) is 0 Å². The SMILES string of the molecule is O=C1C[S][Sn-]([Cl])([c]2ccccc2)([c]2ccccc2)[O]1. The van der Waals surface area contributed by atoms with Crippen molar-refractivity contribution >= 4 is 45.9 Å². The van der Waals surface area contributed by atoms with Gasteiger partial charge >= 0.3 is 120 Å². The molecule has 1 heterocycles. The first-order chi connectivity index (χ1) is 9.12. The zero-order valence-corrected chi connectivity index (χ0v) is 14.5. The molecule has 98 valence electrons. The summed E-state index contributed by atoms with van der Waals surface area (Å²) in [5.74, 6) is 0.122. The van der Waals surface area contributed by atoms with Crippen LogP contribution in [-0.4, -0.2) is 26.6 Å². The van der Waals surface area contributed by atoms with E-state index >= 15 is 0 Å². The van der Waals surface area contributed by atoms with E-state index in [0.29, 0.717) is 5.75 Å². The zero-order chi connectivity index (χ0) is 13.4. The van der Waals surface area contributed by atoms with Gasteiger partial charge < -0.3 is 0 Å². The van der Waals surface area contributed by atoms with Crippen LogP contribution in [0.2, 0.25) is 0 Å². The summed E-state index contributed by atoms with van der Waals surface area (Å²) < 4.78 is 7.74. The van der Waals surface area contributed by atoms with E-state index in [9.17, 15) is 4.79 Å². The summed E-state index contributed by atoms with van der Waals surface area (Å²) in [6.45, 7) is 0. The first-order valence-electron chi connectivity index (χ1n) is 5.97. The van der Waals surface area contributed by atoms with Gasteiger partial charge in [-0.3, -0.25) is 0 Å². The van der Waals surface area contributed by atoms with Crippen molar-refractivity contribution in [3.8, 4) is 0 Å². The van der Waals surface area contributed by atoms with Gasteiger partial charge in [-0.15, -0.1) is 0 Å². The van der Waals surface area contributed by atoms with Crippen LogP contribution in [0.1, 0.15) is 0 Å². The summed E-state index contributed by atoms with van der Waals surface area (Å²) in [6.07, 6.45) is 0. The Labute approximate surface area is 119 Å². The van der Waals surface area contributed by atoms with Gasteiger partial charge in [0.25, 0.3) is 0 Å². The van der Waals surface area contributed by atoms with Crippen LogP contribution in [0.4, 0.5) is 0 Å². The average molecular weight is 398 g/mol. The van der Waals surface area contributed by atoms with E-state index < -0.39 is 14.9 Å². The number of carbonyl (C=O) groups is 1. The second-order valence-electron chi connectivity index (χ2n) is 4.45. The van der Waals surface area contributed by atoms with E-state index in [0.717, 1.165) is 7.16 Å². The minimum atomic E-state index is -4.45. The summed E-state index contributed by atoms with van der Waals surface area (Å²) in [6, 6.07) is 19.5. The maximum atomic E-state index is 11.7. The van der Waals surface area contributed by atoms with Crippen molar-refractivity contribution in [2.24, 2.45) is 0 Å². The van der Waals surface area contributed by atoms with Crippen molar-refractivity contribution in [2.45, 2.75) is 0 Å². The Morgan fingerprint density at radius 3 is 1.79 bits per heavy atom. The van der Waals surface area contributed by atoms with Crippen molar-refractivity contribution in [1.82, 2.24) is 0 Å². The Morgan fingerprint density at radius 2 is 1.42 bits per heavy atom. The molecule has 1 aliphatic rings. The molecule has 1 aliphatic heterocycles. The minimum absolute atomic E-state index is 0.210. The van der Waals surface area contributed by atoms with Gasteiger partial charge in [0.05, 0.1) is 0 Å². The van der Waals surface area contributed by atoms with Crippen LogP contribution >= 0.6 is 17.9 Å². The molecule has 3 rings (SSSR count). The third-order valence-electron chi connectivity index (χ3n) is 3.27. The standard InChI is InChI=1S/2C6H5.C2H4O2S.ClH.Sn/c2*1-2-4-6-5-3-1;3-2(4)1-5;;/h2*1-5H;5H,1H2,(H,3,4);1H;/q;;;;+2/p-3. The van der Waals surface area contributed by atoms with Crippen LogP contribution in [0.5, 0.6) is 0 Å². The molecule has 0 saturated carbocycles. The first kappa shape index (κ1) is 13.3. The van der Waals surface area contributed by atoms with Crippen molar-refractivity contribution in [3.63, 3.8) is 0 Å². The topological polar surface area (TPSA) is 26.3 Å². The van der Waals surface area contributed by atoms with E-state index in [2.05, 4.69) is 0 Å². The van der Waals surface area contributed by atoms with Gasteiger partial charge in [0, 0.05) is 0 Å². The van der Waals surface area contributed by atoms with Gasteiger partial charge in [-0.25, -0.2) is 0 Å². The van der Waals surface area contributed by atoms with E-state index in [4.69, 9.17) is 12.0 Å². The normalized spacial score (nSPS) is 22.2. The predicted molar refractivity (Wildman–Crippen MR) is 82.3 cm³/mol. The molecule has 0 bridgehead atoms. The second kappa shape index (κ2) is 4.72. The molecule has 2 aromatic carbocycles. The number of carbonyl (C=O) groups excluding carboxylic acids is 1. The van der Waals surface area contributed by atoms with Crippen LogP contribution in [0.15, 0.2) is 60.7 Å². The molecule has 0 N–H and O–H groups in total. The molecule has 0 aliphatic carbocycles. The number of benzene rings is 2. The van der Waals surface area contributed by atoms with E-state index in [1.807, 2.05) is 60.7 Å². The molecule has 2 nitrogen and oxygen atoms in total. The Kier molecular flexibility index (Phi) is 3.31. The first-order valence-corrected chi connectivity index (χ1v) is 18.1. The Bertz CT molecular complexity index is 578. The molecule has 2 aromatic rings. The molecule has 5 heteroatoms. The van der Waals surface area contributed by atoms with E-state index in [1.165, 1.54) is 8.95 Å². The third-order valence-corrected chi connectivity index (χ3v) is 28.4. The number of halogens is 1. The Balaban J connectivity index is 2.26. The molecule has 1 saturated heterocycles. The third kappa shape index (κ3) is 2.08. The van der Waals surface area contributed by atoms with Crippen LogP contribution in [0.25, 0.3) is 0 Å². The van der Waals surface area contributed by atoms with Crippen LogP contribution in [-0.2, 0) is 7.87 Å². The molecule has 0 atom stereocenters. The van der Waals surface area contributed by atoms with Gasteiger partial charge in [0.1, 0.15) is 0 Å². The molecule has 19 heavy (non-hydrogen) atoms. The fourth-order valence-electron chi connectivity index (χ4n) is 2.34. The summed E-state index contributed by atoms with van der Waals surface area (Å²) in [7, 11) is 8.61. The van der Waals surface area contributed by atoms with Gasteiger partial charge in [-0.05, 0) is 0 Å². The molecule has 0 unspecified atom stereocenters. The molecular weight excluding hydrogens is 386 g/mol. The fourth-order valence-corrected chi connectivity index (χ4v) is 23.2. The van der Waals surface area contributed by atoms with E-state index in [-0.39, 0.29) is 5.97 Å². The van der Waals surface area contributed by atoms with Gasteiger partial charge in [-0.2, -0.15) is 0 Å². The molecule has 0 amide bonds. The maximum absolute atomic E-state index is 11.7. The molecule has 1 fully saturated rings. The summed E-state index contributed by atoms with van der Waals surface area (Å²) in [4.78, 5) is 11.7. The average Bonchev–Trinajstić information content (AvgIpc) is 2.80. The monoisotopic (exact) mass is 399 g/mol. The number of hydrogen-bond donors (Lipinski definition) is 0. The van der Waals surface area contributed by atoms with Gasteiger partial charge in [0.15, 0.2) is 0 Å². The summed E-state index contributed by atoms with van der Waals surface area (Å²) >= 11 is -4.45. The Hall–Kier alpha value is -0.651. The van der Waals surface area contributed by atoms with Crippen molar-refractivity contribution < 1.29 is 7.87 Å². The quantitative estimate of drug-likeness (QED) is 0.726. The second-order valence-corrected chi connectivity index (χ2v) is 28.4. The number of rotatable bonds is 2. The molecule has 0 spiro atoms. The van der Waals surface area contributed by atoms with Gasteiger partial charge in [-0.1, -0.05) is 0 Å². The number of hydrogen-bond acceptors (Lipinski definition) is 3. The van der Waals surface area contributed by atoms with E-state index in [1.54, 1.807) is 0 Å². The summed E-state index contributed by atoms with van der Waals surface area (Å²) in [5.41, 5.74) is 0. The Morgan fingerprint density at radius 1 is 0.947 bits per heavy atom. The molecular formula is C14H12ClO2SSn-. The summed E-state index contributed by atoms with van der Waals surface area (Å²) in [5, 5.41) is 0. The van der Waals surface area contributed by atoms with Crippen LogP contribution in [0, 0.1) is 0 Å². The van der Waals surface area contributed by atoms with Crippen molar-refractivity contribution in [2.75, 3.05) is 5.75 Å². The van der Waals surface area contributed by atoms with Gasteiger partial charge in [0.2, 0.25) is 0 Å². The van der Waals surface area contributed by atoms with Crippen LogP contribution < -0.4 is 7.16 Å². The van der Waals surface area contributed by atoms with Crippen molar-refractivity contribution in [3.05, 3.63) is 60.7 Å².